The molecule has 0 bridgehead atoms. The minimum Gasteiger partial charge on any atom is -0.504 e. The van der Waals surface area contributed by atoms with Crippen molar-refractivity contribution in [1.29, 1.82) is 0 Å². The van der Waals surface area contributed by atoms with Gasteiger partial charge < -0.3 is 15.6 Å². The van der Waals surface area contributed by atoms with Gasteiger partial charge in [-0.25, -0.2) is 0 Å². The van der Waals surface area contributed by atoms with E-state index in [1.165, 1.54) is 12.8 Å². The molecule has 5 heteroatoms. The number of nitrogens with zero attached hydrogens (tertiary/aromatic N) is 1. The highest BCUT2D eigenvalue weighted by molar-refractivity contribution is 5.76. The fraction of sp³-hybridized carbons (Fsp3) is 0.562. The average molecular weight is 292 g/mol. The number of benzene rings is 1. The molecular formula is C16H24N2O3. The van der Waals surface area contributed by atoms with Crippen LogP contribution in [0, 0.1) is 0 Å². The molecule has 5 nitrogen and oxygen atoms in total. The van der Waals surface area contributed by atoms with E-state index in [0.717, 1.165) is 18.4 Å². The van der Waals surface area contributed by atoms with Crippen LogP contribution in [0.25, 0.3) is 0 Å². The van der Waals surface area contributed by atoms with E-state index in [0.29, 0.717) is 24.9 Å². The standard InChI is InChI=1S/C16H24N2O3/c1-2-21-14-9-5-6-12(16(14)20)10-18(11-15(17)19)13-7-3-4-8-13/h5-6,9,13,20H,2-4,7-8,10-11H2,1H3,(H2,17,19). The first-order chi connectivity index (χ1) is 10.1. The number of primary amides is 1. The number of hydrogen-bond donors (Lipinski definition) is 2. The first-order valence-corrected chi connectivity index (χ1v) is 7.57. The lowest BCUT2D eigenvalue weighted by molar-refractivity contribution is -0.119. The molecule has 1 aromatic rings. The molecule has 0 spiro atoms. The molecule has 2 rings (SSSR count). The van der Waals surface area contributed by atoms with Crippen LogP contribution in [0.2, 0.25) is 0 Å². The van der Waals surface area contributed by atoms with Crippen molar-refractivity contribution in [3.63, 3.8) is 0 Å². The minimum absolute atomic E-state index is 0.159. The van der Waals surface area contributed by atoms with E-state index in [1.807, 2.05) is 19.1 Å². The highest BCUT2D eigenvalue weighted by Crippen LogP contribution is 2.32. The van der Waals surface area contributed by atoms with Crippen molar-refractivity contribution in [2.75, 3.05) is 13.2 Å². The Labute approximate surface area is 125 Å². The van der Waals surface area contributed by atoms with Gasteiger partial charge in [-0.3, -0.25) is 9.69 Å². The Morgan fingerprint density at radius 3 is 2.76 bits per heavy atom. The summed E-state index contributed by atoms with van der Waals surface area (Å²) in [5, 5.41) is 10.3. The van der Waals surface area contributed by atoms with Gasteiger partial charge in [0.25, 0.3) is 0 Å². The lowest BCUT2D eigenvalue weighted by atomic mass is 10.1. The van der Waals surface area contributed by atoms with Crippen LogP contribution in [0.5, 0.6) is 11.5 Å². The lowest BCUT2D eigenvalue weighted by Crippen LogP contribution is -2.39. The number of carbonyl (C=O) groups excluding carboxylic acids is 1. The quantitative estimate of drug-likeness (QED) is 0.806. The predicted molar refractivity (Wildman–Crippen MR) is 81.1 cm³/mol. The second-order valence-corrected chi connectivity index (χ2v) is 5.51. The molecule has 0 heterocycles. The monoisotopic (exact) mass is 292 g/mol. The number of hydrogen-bond acceptors (Lipinski definition) is 4. The van der Waals surface area contributed by atoms with Crippen LogP contribution >= 0.6 is 0 Å². The van der Waals surface area contributed by atoms with Gasteiger partial charge >= 0.3 is 0 Å². The van der Waals surface area contributed by atoms with Crippen molar-refractivity contribution in [2.24, 2.45) is 5.73 Å². The van der Waals surface area contributed by atoms with Crippen LogP contribution in [0.15, 0.2) is 18.2 Å². The van der Waals surface area contributed by atoms with Gasteiger partial charge in [0.15, 0.2) is 11.5 Å². The second kappa shape index (κ2) is 7.31. The third-order valence-electron chi connectivity index (χ3n) is 3.96. The van der Waals surface area contributed by atoms with Gasteiger partial charge in [0.2, 0.25) is 5.91 Å². The number of aromatic hydroxyl groups is 1. The van der Waals surface area contributed by atoms with Crippen molar-refractivity contribution in [3.8, 4) is 11.5 Å². The average Bonchev–Trinajstić information content (AvgIpc) is 2.96. The molecule has 1 aliphatic carbocycles. The molecule has 1 saturated carbocycles. The van der Waals surface area contributed by atoms with E-state index in [2.05, 4.69) is 4.90 Å². The van der Waals surface area contributed by atoms with Crippen LogP contribution in [0.3, 0.4) is 0 Å². The van der Waals surface area contributed by atoms with E-state index in [-0.39, 0.29) is 18.2 Å². The molecule has 21 heavy (non-hydrogen) atoms. The predicted octanol–water partition coefficient (Wildman–Crippen LogP) is 2.02. The summed E-state index contributed by atoms with van der Waals surface area (Å²) in [6.07, 6.45) is 4.54. The normalized spacial score (nSPS) is 15.5. The Bertz CT molecular complexity index is 484. The fourth-order valence-electron chi connectivity index (χ4n) is 2.97. The van der Waals surface area contributed by atoms with Crippen LogP contribution in [0.4, 0.5) is 0 Å². The van der Waals surface area contributed by atoms with Crippen LogP contribution in [-0.4, -0.2) is 35.1 Å². The van der Waals surface area contributed by atoms with Gasteiger partial charge in [0.05, 0.1) is 13.2 Å². The number of rotatable bonds is 7. The summed E-state index contributed by atoms with van der Waals surface area (Å²) in [6.45, 7) is 3.12. The van der Waals surface area contributed by atoms with Gasteiger partial charge in [0.1, 0.15) is 0 Å². The highest BCUT2D eigenvalue weighted by Gasteiger charge is 2.25. The molecule has 0 aliphatic heterocycles. The molecular weight excluding hydrogens is 268 g/mol. The van der Waals surface area contributed by atoms with Crippen molar-refractivity contribution >= 4 is 5.91 Å². The minimum atomic E-state index is -0.331. The summed E-state index contributed by atoms with van der Waals surface area (Å²) in [5.74, 6) is 0.314. The third-order valence-corrected chi connectivity index (χ3v) is 3.96. The third kappa shape index (κ3) is 4.11. The summed E-state index contributed by atoms with van der Waals surface area (Å²) < 4.78 is 5.41. The zero-order valence-corrected chi connectivity index (χ0v) is 12.5. The number of amides is 1. The first-order valence-electron chi connectivity index (χ1n) is 7.57. The van der Waals surface area contributed by atoms with Crippen LogP contribution in [0.1, 0.15) is 38.2 Å². The van der Waals surface area contributed by atoms with Crippen molar-refractivity contribution in [3.05, 3.63) is 23.8 Å². The van der Waals surface area contributed by atoms with Crippen molar-refractivity contribution in [2.45, 2.75) is 45.2 Å². The lowest BCUT2D eigenvalue weighted by Gasteiger charge is -2.28. The molecule has 1 amide bonds. The summed E-state index contributed by atoms with van der Waals surface area (Å²) >= 11 is 0. The summed E-state index contributed by atoms with van der Waals surface area (Å²) in [7, 11) is 0. The maximum Gasteiger partial charge on any atom is 0.231 e. The Hall–Kier alpha value is -1.75. The molecule has 0 atom stereocenters. The zero-order chi connectivity index (χ0) is 15.2. The fourth-order valence-corrected chi connectivity index (χ4v) is 2.97. The Balaban J connectivity index is 2.15. The molecule has 1 aromatic carbocycles. The van der Waals surface area contributed by atoms with E-state index in [9.17, 15) is 9.90 Å². The molecule has 0 aromatic heterocycles. The summed E-state index contributed by atoms with van der Waals surface area (Å²) in [4.78, 5) is 13.4. The Morgan fingerprint density at radius 2 is 2.14 bits per heavy atom. The molecule has 0 unspecified atom stereocenters. The number of phenols is 1. The number of ether oxygens (including phenoxy) is 1. The van der Waals surface area contributed by atoms with Crippen LogP contribution in [-0.2, 0) is 11.3 Å². The largest absolute Gasteiger partial charge is 0.504 e. The molecule has 0 radical (unpaired) electrons. The van der Waals surface area contributed by atoms with Gasteiger partial charge in [-0.2, -0.15) is 0 Å². The topological polar surface area (TPSA) is 75.8 Å². The smallest absolute Gasteiger partial charge is 0.231 e. The highest BCUT2D eigenvalue weighted by atomic mass is 16.5. The molecule has 3 N–H and O–H groups in total. The number of para-hydroxylation sites is 1. The summed E-state index contributed by atoms with van der Waals surface area (Å²) in [6, 6.07) is 5.83. The molecule has 0 saturated heterocycles. The Kier molecular flexibility index (Phi) is 5.44. The van der Waals surface area contributed by atoms with E-state index in [4.69, 9.17) is 10.5 Å². The Morgan fingerprint density at radius 1 is 1.43 bits per heavy atom. The molecule has 1 aliphatic rings. The first kappa shape index (κ1) is 15.6. The van der Waals surface area contributed by atoms with Gasteiger partial charge in [-0.15, -0.1) is 0 Å². The maximum absolute atomic E-state index is 11.3. The van der Waals surface area contributed by atoms with E-state index < -0.39 is 0 Å². The van der Waals surface area contributed by atoms with Crippen LogP contribution < -0.4 is 10.5 Å². The van der Waals surface area contributed by atoms with E-state index >= 15 is 0 Å². The zero-order valence-electron chi connectivity index (χ0n) is 12.5. The molecule has 116 valence electrons. The van der Waals surface area contributed by atoms with Gasteiger partial charge in [0, 0.05) is 18.2 Å². The number of nitrogens with two attached hydrogens (primary N) is 1. The summed E-state index contributed by atoms with van der Waals surface area (Å²) in [5.41, 5.74) is 6.13. The number of carbonyl (C=O) groups is 1. The number of phenolic OH excluding ortho intramolecular Hbond substituents is 1. The van der Waals surface area contributed by atoms with Crippen molar-refractivity contribution < 1.29 is 14.6 Å². The van der Waals surface area contributed by atoms with Gasteiger partial charge in [-0.05, 0) is 25.8 Å². The van der Waals surface area contributed by atoms with Gasteiger partial charge in [-0.1, -0.05) is 25.0 Å². The van der Waals surface area contributed by atoms with E-state index in [1.54, 1.807) is 6.07 Å². The second-order valence-electron chi connectivity index (χ2n) is 5.51. The molecule has 1 fully saturated rings. The maximum atomic E-state index is 11.3. The SMILES string of the molecule is CCOc1cccc(CN(CC(N)=O)C2CCCC2)c1O. The van der Waals surface area contributed by atoms with Crippen molar-refractivity contribution in [1.82, 2.24) is 4.90 Å².